The Hall–Kier alpha value is -8.86. The Morgan fingerprint density at radius 3 is 1.70 bits per heavy atom. The number of hydrogen-bond acceptors (Lipinski definition) is 18. The smallest absolute Gasteiger partial charge is 0.331 e. The van der Waals surface area contributed by atoms with Crippen molar-refractivity contribution in [1.29, 1.82) is 0 Å². The fourth-order valence-corrected chi connectivity index (χ4v) is 7.32. The number of pyridine rings is 6. The predicted molar refractivity (Wildman–Crippen MR) is 306 cm³/mol. The van der Waals surface area contributed by atoms with Crippen molar-refractivity contribution in [2.75, 3.05) is 17.2 Å². The van der Waals surface area contributed by atoms with Gasteiger partial charge in [-0.3, -0.25) is 10.1 Å². The molecule has 11 aromatic rings. The summed E-state index contributed by atoms with van der Waals surface area (Å²) in [5.74, 6) is -1.06. The van der Waals surface area contributed by atoms with Gasteiger partial charge in [-0.25, -0.2) is 59.4 Å². The third-order valence-corrected chi connectivity index (χ3v) is 11.4. The Balaban J connectivity index is 0.000000155. The van der Waals surface area contributed by atoms with E-state index in [0.29, 0.717) is 27.3 Å². The molecule has 0 spiro atoms. The normalized spacial score (nSPS) is 10.6. The second-order valence-corrected chi connectivity index (χ2v) is 19.0. The van der Waals surface area contributed by atoms with Crippen LogP contribution in [-0.4, -0.2) is 90.9 Å². The van der Waals surface area contributed by atoms with Crippen molar-refractivity contribution in [3.63, 3.8) is 0 Å². The number of nitrogens with one attached hydrogen (secondary N) is 2. The van der Waals surface area contributed by atoms with E-state index in [9.17, 15) is 19.7 Å². The lowest BCUT2D eigenvalue weighted by Crippen LogP contribution is -2.00. The molecular formula is C49H42Br4N18O6. The number of imidazole rings is 4. The van der Waals surface area contributed by atoms with Gasteiger partial charge in [0.15, 0.2) is 22.6 Å². The molecule has 24 nitrogen and oxygen atoms in total. The summed E-state index contributed by atoms with van der Waals surface area (Å²) in [6, 6.07) is 20.2. The van der Waals surface area contributed by atoms with Gasteiger partial charge in [-0.2, -0.15) is 0 Å². The SMILES string of the molecule is Brc1cnc2nc[nH]c2c1.Cn1cnc2ncc(/C=C/C(=O)OCc3ccccc3)cc21.Cn1cnc2ncc(Br)cc21.Nc1cc(Br)cnc1N.Nc1ncc(Br)cc1[N+](=O)[O-].O=C(O)/C=C/c1cnc2nc[nH]c2c1. The summed E-state index contributed by atoms with van der Waals surface area (Å²) in [4.78, 5) is 77.5. The van der Waals surface area contributed by atoms with Crippen LogP contribution in [0.25, 0.3) is 56.8 Å². The zero-order valence-corrected chi connectivity index (χ0v) is 46.5. The summed E-state index contributed by atoms with van der Waals surface area (Å²) >= 11 is 12.9. The van der Waals surface area contributed by atoms with E-state index in [4.69, 9.17) is 27.0 Å². The predicted octanol–water partition coefficient (Wildman–Crippen LogP) is 9.57. The molecule has 10 heterocycles. The van der Waals surface area contributed by atoms with Crippen LogP contribution in [0.4, 0.5) is 23.0 Å². The van der Waals surface area contributed by atoms with Crippen LogP contribution in [0.2, 0.25) is 0 Å². The highest BCUT2D eigenvalue weighted by Gasteiger charge is 2.12. The Labute approximate surface area is 469 Å². The molecule has 0 amide bonds. The van der Waals surface area contributed by atoms with E-state index in [1.165, 1.54) is 24.4 Å². The second-order valence-electron chi connectivity index (χ2n) is 15.3. The van der Waals surface area contributed by atoms with Crippen molar-refractivity contribution >= 4 is 155 Å². The fourth-order valence-electron chi connectivity index (χ4n) is 6.00. The first kappa shape index (κ1) is 57.4. The van der Waals surface area contributed by atoms with Crippen molar-refractivity contribution in [1.82, 2.24) is 68.9 Å². The highest BCUT2D eigenvalue weighted by atomic mass is 79.9. The molecule has 0 saturated heterocycles. The van der Waals surface area contributed by atoms with Gasteiger partial charge in [0.2, 0.25) is 5.82 Å². The van der Waals surface area contributed by atoms with Crippen molar-refractivity contribution < 1.29 is 24.4 Å². The van der Waals surface area contributed by atoms with E-state index >= 15 is 0 Å². The number of hydrogen-bond donors (Lipinski definition) is 6. The number of aromatic amines is 2. The number of carboxylic acids is 1. The van der Waals surface area contributed by atoms with Gasteiger partial charge in [0, 0.05) is 87.4 Å². The molecule has 10 aromatic heterocycles. The van der Waals surface area contributed by atoms with Crippen molar-refractivity contribution in [2.24, 2.45) is 14.1 Å². The Morgan fingerprint density at radius 2 is 1.12 bits per heavy atom. The van der Waals surface area contributed by atoms with E-state index in [1.807, 2.05) is 71.8 Å². The van der Waals surface area contributed by atoms with Crippen LogP contribution < -0.4 is 17.2 Å². The number of carboxylic acid groups (broad SMARTS) is 1. The number of nitrogen functional groups attached to an aromatic ring is 3. The van der Waals surface area contributed by atoms with Gasteiger partial charge in [0.25, 0.3) is 0 Å². The van der Waals surface area contributed by atoms with E-state index < -0.39 is 10.9 Å². The molecule has 1 aromatic carbocycles. The number of H-pyrrole nitrogens is 2. The molecule has 9 N–H and O–H groups in total. The maximum atomic E-state index is 11.7. The number of nitrogens with two attached hydrogens (primary N) is 3. The summed E-state index contributed by atoms with van der Waals surface area (Å²) in [7, 11) is 3.85. The Bertz CT molecular complexity index is 3850. The number of aliphatic carboxylic acids is 1. The second kappa shape index (κ2) is 28.2. The topological polar surface area (TPSA) is 355 Å². The number of aromatic nitrogens is 14. The summed E-state index contributed by atoms with van der Waals surface area (Å²) in [6.45, 7) is 0.267. The van der Waals surface area contributed by atoms with Gasteiger partial charge >= 0.3 is 17.6 Å². The third-order valence-electron chi connectivity index (χ3n) is 9.71. The standard InChI is InChI=1S/C17H15N3O2.C9H7N3O2.C7H6BrN3.C6H4BrN3.C5H4BrN3O2.C5H6BrN3/c1-20-12-19-17-15(20)9-14(10-18-17)7-8-16(21)22-11-13-5-3-2-4-6-13;13-8(14)2-1-6-3-7-9(10-4-6)12-5-11-7;1-11-4-10-7-6(11)2-5(8)3-9-7;7-4-1-5-6(8-2-4)10-3-9-5;6-3-1-4(9(10)11)5(7)8-2-3;6-3-1-4(7)5(8)9-2-3/h2-10,12H,11H2,1H3;1-5H,(H,13,14)(H,10,11,12);2-4H,1H3;1-3H,(H,8,9,10);1-2H,(H2,7,8);1-2H,7H2,(H2,8,9)/b8-7+;2-1+;;;;. The molecule has 11 rings (SSSR count). The number of benzene rings is 1. The fraction of sp³-hybridized carbons (Fsp3) is 0.0612. The van der Waals surface area contributed by atoms with Gasteiger partial charge in [-0.05, 0) is 123 Å². The molecule has 77 heavy (non-hydrogen) atoms. The van der Waals surface area contributed by atoms with E-state index in [-0.39, 0.29) is 24.1 Å². The molecule has 0 fully saturated rings. The molecular weight excluding hydrogens is 1260 g/mol. The number of nitrogens with zero attached hydrogens (tertiary/aromatic N) is 13. The number of fused-ring (bicyclic) bond motifs is 4. The van der Waals surface area contributed by atoms with Crippen LogP contribution in [0, 0.1) is 10.1 Å². The van der Waals surface area contributed by atoms with Crippen molar-refractivity contribution in [2.45, 2.75) is 6.61 Å². The quantitative estimate of drug-likeness (QED) is 0.0374. The maximum absolute atomic E-state index is 11.7. The monoisotopic (exact) mass is 1290 g/mol. The summed E-state index contributed by atoms with van der Waals surface area (Å²) in [5, 5.41) is 18.7. The summed E-state index contributed by atoms with van der Waals surface area (Å²) < 4.78 is 12.3. The molecule has 0 radical (unpaired) electrons. The van der Waals surface area contributed by atoms with Crippen LogP contribution >= 0.6 is 63.7 Å². The third kappa shape index (κ3) is 17.9. The number of carbonyl (C=O) groups excluding carboxylic acids is 1. The molecule has 28 heteroatoms. The molecule has 0 saturated carbocycles. The number of nitro groups is 1. The Morgan fingerprint density at radius 1 is 0.623 bits per heavy atom. The molecule has 0 unspecified atom stereocenters. The van der Waals surface area contributed by atoms with E-state index in [0.717, 1.165) is 69.5 Å². The summed E-state index contributed by atoms with van der Waals surface area (Å²) in [6.07, 6.45) is 22.0. The summed E-state index contributed by atoms with van der Waals surface area (Å²) in [5.41, 5.74) is 25.3. The lowest BCUT2D eigenvalue weighted by molar-refractivity contribution is -0.384. The number of ether oxygens (including phenoxy) is 1. The number of carbonyl (C=O) groups is 2. The minimum atomic E-state index is -0.977. The lowest BCUT2D eigenvalue weighted by atomic mass is 10.2. The highest BCUT2D eigenvalue weighted by molar-refractivity contribution is 9.11. The van der Waals surface area contributed by atoms with Crippen molar-refractivity contribution in [3.05, 3.63) is 186 Å². The molecule has 392 valence electrons. The van der Waals surface area contributed by atoms with Crippen LogP contribution in [0.5, 0.6) is 0 Å². The average Bonchev–Trinajstić information content (AvgIpc) is 4.25. The minimum absolute atomic E-state index is 0.0711. The zero-order chi connectivity index (χ0) is 55.4. The van der Waals surface area contributed by atoms with Gasteiger partial charge in [0.1, 0.15) is 12.4 Å². The van der Waals surface area contributed by atoms with Crippen LogP contribution in [-0.2, 0) is 35.0 Å². The number of aryl methyl sites for hydroxylation is 2. The zero-order valence-electron chi connectivity index (χ0n) is 40.2. The molecule has 0 aliphatic heterocycles. The largest absolute Gasteiger partial charge is 0.478 e. The number of anilines is 3. The van der Waals surface area contributed by atoms with Crippen LogP contribution in [0.1, 0.15) is 16.7 Å². The molecule has 0 atom stereocenters. The first-order chi connectivity index (χ1) is 36.9. The first-order valence-electron chi connectivity index (χ1n) is 21.9. The van der Waals surface area contributed by atoms with Crippen molar-refractivity contribution in [3.8, 4) is 0 Å². The first-order valence-corrected chi connectivity index (χ1v) is 25.0. The molecule has 0 aliphatic rings. The minimum Gasteiger partial charge on any atom is -0.478 e. The number of halogens is 4. The Kier molecular flexibility index (Phi) is 21.0. The lowest BCUT2D eigenvalue weighted by Gasteiger charge is -2.01. The van der Waals surface area contributed by atoms with E-state index in [1.54, 1.807) is 74.5 Å². The maximum Gasteiger partial charge on any atom is 0.331 e. The number of esters is 1. The van der Waals surface area contributed by atoms with Crippen LogP contribution in [0.3, 0.4) is 0 Å². The molecule has 0 bridgehead atoms. The number of rotatable bonds is 7. The van der Waals surface area contributed by atoms with E-state index in [2.05, 4.69) is 124 Å². The molecule has 0 aliphatic carbocycles. The van der Waals surface area contributed by atoms with Gasteiger partial charge in [-0.1, -0.05) is 30.3 Å². The van der Waals surface area contributed by atoms with Gasteiger partial charge < -0.3 is 46.1 Å². The van der Waals surface area contributed by atoms with Crippen LogP contribution in [0.15, 0.2) is 159 Å². The highest BCUT2D eigenvalue weighted by Crippen LogP contribution is 2.22. The average molecular weight is 1300 g/mol. The van der Waals surface area contributed by atoms with Gasteiger partial charge in [0.05, 0.1) is 58.0 Å². The van der Waals surface area contributed by atoms with Gasteiger partial charge in [-0.15, -0.1) is 0 Å².